The number of ether oxygens (including phenoxy) is 2. The van der Waals surface area contributed by atoms with Gasteiger partial charge >= 0.3 is 0 Å². The molecule has 1 aliphatic rings. The van der Waals surface area contributed by atoms with Gasteiger partial charge in [-0.05, 0) is 60.6 Å². The molecule has 0 atom stereocenters. The van der Waals surface area contributed by atoms with E-state index in [1.807, 2.05) is 13.0 Å². The molecule has 5 nitrogen and oxygen atoms in total. The standard InChI is InChI=1S/C20H19FN2O3S/c1-3-25-18-11-13(10-16-19(24)23(2)20(27)22-16)7-8-17(18)26-12-14-5-4-6-15(21)9-14/h4-11H,3,12H2,1-2H3,(H,22,27)/b16-10+. The molecule has 1 heterocycles. The number of carbonyl (C=O) groups is 1. The van der Waals surface area contributed by atoms with Crippen LogP contribution in [0, 0.1) is 5.82 Å². The third-order valence-electron chi connectivity index (χ3n) is 3.94. The molecule has 140 valence electrons. The monoisotopic (exact) mass is 386 g/mol. The lowest BCUT2D eigenvalue weighted by Gasteiger charge is -2.13. The number of carbonyl (C=O) groups excluding carboxylic acids is 1. The quantitative estimate of drug-likeness (QED) is 0.608. The van der Waals surface area contributed by atoms with Crippen molar-refractivity contribution in [1.29, 1.82) is 0 Å². The number of benzene rings is 2. The van der Waals surface area contributed by atoms with Crippen LogP contribution in [-0.4, -0.2) is 29.6 Å². The van der Waals surface area contributed by atoms with Crippen LogP contribution in [0.1, 0.15) is 18.1 Å². The lowest BCUT2D eigenvalue weighted by molar-refractivity contribution is -0.121. The minimum Gasteiger partial charge on any atom is -0.490 e. The van der Waals surface area contributed by atoms with Gasteiger partial charge in [-0.25, -0.2) is 4.39 Å². The Bertz CT molecular complexity index is 914. The van der Waals surface area contributed by atoms with Gasteiger partial charge in [0, 0.05) is 7.05 Å². The van der Waals surface area contributed by atoms with Crippen molar-refractivity contribution in [3.63, 3.8) is 0 Å². The fourth-order valence-corrected chi connectivity index (χ4v) is 2.77. The van der Waals surface area contributed by atoms with Gasteiger partial charge in [-0.15, -0.1) is 0 Å². The molecule has 2 aromatic carbocycles. The second-order valence-corrected chi connectivity index (χ2v) is 6.30. The van der Waals surface area contributed by atoms with E-state index in [2.05, 4.69) is 5.32 Å². The van der Waals surface area contributed by atoms with Crippen molar-refractivity contribution >= 4 is 29.3 Å². The summed E-state index contributed by atoms with van der Waals surface area (Å²) in [6, 6.07) is 11.6. The van der Waals surface area contributed by atoms with Crippen molar-refractivity contribution < 1.29 is 18.7 Å². The summed E-state index contributed by atoms with van der Waals surface area (Å²) in [5.74, 6) is 0.593. The predicted octanol–water partition coefficient (Wildman–Crippen LogP) is 3.49. The molecule has 1 N–H and O–H groups in total. The number of halogens is 1. The molecule has 0 unspecified atom stereocenters. The van der Waals surface area contributed by atoms with Crippen molar-refractivity contribution in [2.45, 2.75) is 13.5 Å². The Kier molecular flexibility index (Phi) is 5.71. The molecule has 0 saturated carbocycles. The summed E-state index contributed by atoms with van der Waals surface area (Å²) in [5.41, 5.74) is 1.89. The van der Waals surface area contributed by atoms with Gasteiger partial charge in [0.25, 0.3) is 5.91 Å². The number of rotatable bonds is 6. The minimum absolute atomic E-state index is 0.190. The number of hydrogen-bond donors (Lipinski definition) is 1. The van der Waals surface area contributed by atoms with Crippen LogP contribution in [-0.2, 0) is 11.4 Å². The van der Waals surface area contributed by atoms with Gasteiger partial charge in [0.15, 0.2) is 16.6 Å². The number of likely N-dealkylation sites (N-methyl/N-ethyl adjacent to an activating group) is 1. The summed E-state index contributed by atoms with van der Waals surface area (Å²) >= 11 is 5.07. The molecule has 3 rings (SSSR count). The summed E-state index contributed by atoms with van der Waals surface area (Å²) < 4.78 is 24.7. The molecule has 0 aliphatic carbocycles. The smallest absolute Gasteiger partial charge is 0.276 e. The highest BCUT2D eigenvalue weighted by molar-refractivity contribution is 7.80. The SMILES string of the molecule is CCOc1cc(/C=C2/NC(=S)N(C)C2=O)ccc1OCc1cccc(F)c1. The molecular weight excluding hydrogens is 367 g/mol. The fourth-order valence-electron chi connectivity index (χ4n) is 2.58. The Morgan fingerprint density at radius 3 is 2.67 bits per heavy atom. The maximum atomic E-state index is 13.3. The highest BCUT2D eigenvalue weighted by Crippen LogP contribution is 2.30. The van der Waals surface area contributed by atoms with E-state index in [4.69, 9.17) is 21.7 Å². The molecule has 27 heavy (non-hydrogen) atoms. The second kappa shape index (κ2) is 8.18. The molecule has 1 amide bonds. The van der Waals surface area contributed by atoms with E-state index in [1.54, 1.807) is 37.4 Å². The van der Waals surface area contributed by atoms with Crippen LogP contribution in [0.5, 0.6) is 11.5 Å². The Balaban J connectivity index is 1.80. The number of hydrogen-bond acceptors (Lipinski definition) is 4. The Labute approximate surface area is 162 Å². The highest BCUT2D eigenvalue weighted by Gasteiger charge is 2.27. The molecule has 1 aliphatic heterocycles. The van der Waals surface area contributed by atoms with Crippen LogP contribution in [0.25, 0.3) is 6.08 Å². The molecule has 1 fully saturated rings. The average molecular weight is 386 g/mol. The molecule has 0 bridgehead atoms. The predicted molar refractivity (Wildman–Crippen MR) is 105 cm³/mol. The van der Waals surface area contributed by atoms with E-state index in [0.717, 1.165) is 11.1 Å². The maximum absolute atomic E-state index is 13.3. The van der Waals surface area contributed by atoms with Crippen molar-refractivity contribution in [2.24, 2.45) is 0 Å². The largest absolute Gasteiger partial charge is 0.490 e. The molecule has 1 saturated heterocycles. The van der Waals surface area contributed by atoms with E-state index in [1.165, 1.54) is 17.0 Å². The zero-order chi connectivity index (χ0) is 19.4. The van der Waals surface area contributed by atoms with Gasteiger partial charge in [0.1, 0.15) is 18.1 Å². The van der Waals surface area contributed by atoms with Gasteiger partial charge in [-0.3, -0.25) is 9.69 Å². The van der Waals surface area contributed by atoms with Gasteiger partial charge in [0.2, 0.25) is 0 Å². The molecular formula is C20H19FN2O3S. The third-order valence-corrected chi connectivity index (χ3v) is 4.32. The molecule has 0 radical (unpaired) electrons. The van der Waals surface area contributed by atoms with E-state index < -0.39 is 0 Å². The van der Waals surface area contributed by atoms with Gasteiger partial charge in [-0.1, -0.05) is 18.2 Å². The van der Waals surface area contributed by atoms with E-state index in [9.17, 15) is 9.18 Å². The summed E-state index contributed by atoms with van der Waals surface area (Å²) in [4.78, 5) is 13.5. The van der Waals surface area contributed by atoms with Gasteiger partial charge < -0.3 is 14.8 Å². The summed E-state index contributed by atoms with van der Waals surface area (Å²) in [6.07, 6.45) is 1.71. The summed E-state index contributed by atoms with van der Waals surface area (Å²) in [7, 11) is 1.62. The van der Waals surface area contributed by atoms with Crippen LogP contribution in [0.15, 0.2) is 48.2 Å². The fraction of sp³-hybridized carbons (Fsp3) is 0.200. The van der Waals surface area contributed by atoms with Crippen molar-refractivity contribution in [2.75, 3.05) is 13.7 Å². The van der Waals surface area contributed by atoms with E-state index in [-0.39, 0.29) is 18.3 Å². The zero-order valence-electron chi connectivity index (χ0n) is 15.0. The first-order valence-electron chi connectivity index (χ1n) is 8.42. The van der Waals surface area contributed by atoms with Crippen molar-refractivity contribution in [3.05, 3.63) is 65.1 Å². The molecule has 0 aromatic heterocycles. The normalized spacial score (nSPS) is 15.2. The summed E-state index contributed by atoms with van der Waals surface area (Å²) in [6.45, 7) is 2.55. The van der Waals surface area contributed by atoms with Gasteiger partial charge in [-0.2, -0.15) is 0 Å². The lowest BCUT2D eigenvalue weighted by atomic mass is 10.1. The van der Waals surface area contributed by atoms with Crippen molar-refractivity contribution in [3.8, 4) is 11.5 Å². The van der Waals surface area contributed by atoms with Gasteiger partial charge in [0.05, 0.1) is 6.61 Å². The topological polar surface area (TPSA) is 50.8 Å². The Hall–Kier alpha value is -2.93. The highest BCUT2D eigenvalue weighted by atomic mass is 32.1. The number of nitrogens with zero attached hydrogens (tertiary/aromatic N) is 1. The minimum atomic E-state index is -0.306. The molecule has 2 aromatic rings. The average Bonchev–Trinajstić information content (AvgIpc) is 2.88. The zero-order valence-corrected chi connectivity index (χ0v) is 15.8. The Morgan fingerprint density at radius 1 is 1.19 bits per heavy atom. The number of nitrogens with one attached hydrogen (secondary N) is 1. The van der Waals surface area contributed by atoms with Crippen LogP contribution in [0.3, 0.4) is 0 Å². The Morgan fingerprint density at radius 2 is 2.00 bits per heavy atom. The molecule has 0 spiro atoms. The second-order valence-electron chi connectivity index (χ2n) is 5.91. The number of amides is 1. The maximum Gasteiger partial charge on any atom is 0.276 e. The van der Waals surface area contributed by atoms with Crippen LogP contribution < -0.4 is 14.8 Å². The first-order chi connectivity index (χ1) is 13.0. The number of thiocarbonyl (C=S) groups is 1. The third kappa shape index (κ3) is 4.43. The first-order valence-corrected chi connectivity index (χ1v) is 8.83. The van der Waals surface area contributed by atoms with E-state index in [0.29, 0.717) is 28.9 Å². The first kappa shape index (κ1) is 18.8. The molecule has 7 heteroatoms. The summed E-state index contributed by atoms with van der Waals surface area (Å²) in [5, 5.41) is 3.25. The lowest BCUT2D eigenvalue weighted by Crippen LogP contribution is -2.25. The van der Waals surface area contributed by atoms with Crippen molar-refractivity contribution in [1.82, 2.24) is 10.2 Å². The van der Waals surface area contributed by atoms with E-state index >= 15 is 0 Å². The van der Waals surface area contributed by atoms with Crippen LogP contribution >= 0.6 is 12.2 Å². The van der Waals surface area contributed by atoms with Crippen LogP contribution in [0.2, 0.25) is 0 Å². The van der Waals surface area contributed by atoms with Crippen LogP contribution in [0.4, 0.5) is 4.39 Å².